The molecule has 2 unspecified atom stereocenters. The molecule has 0 bridgehead atoms. The third kappa shape index (κ3) is 2.48. The van der Waals surface area contributed by atoms with Gasteiger partial charge in [0.1, 0.15) is 0 Å². The van der Waals surface area contributed by atoms with E-state index in [9.17, 15) is 0 Å². The summed E-state index contributed by atoms with van der Waals surface area (Å²) < 4.78 is 11.9. The van der Waals surface area contributed by atoms with Crippen LogP contribution in [0.2, 0.25) is 0 Å². The molecule has 0 aromatic carbocycles. The molecule has 0 spiro atoms. The Labute approximate surface area is 88.0 Å². The first-order valence-corrected chi connectivity index (χ1v) is 5.74. The van der Waals surface area contributed by atoms with Gasteiger partial charge in [0.15, 0.2) is 6.29 Å². The monoisotopic (exact) mass is 200 g/mol. The Morgan fingerprint density at radius 3 is 1.21 bits per heavy atom. The van der Waals surface area contributed by atoms with Crippen LogP contribution in [0.3, 0.4) is 0 Å². The molecule has 0 radical (unpaired) electrons. The highest BCUT2D eigenvalue weighted by atomic mass is 16.7. The van der Waals surface area contributed by atoms with Gasteiger partial charge in [-0.05, 0) is 11.8 Å². The van der Waals surface area contributed by atoms with Crippen LogP contribution in [0.25, 0.3) is 0 Å². The zero-order valence-electron chi connectivity index (χ0n) is 10.3. The summed E-state index contributed by atoms with van der Waals surface area (Å²) >= 11 is 0. The van der Waals surface area contributed by atoms with Crippen molar-refractivity contribution in [3.8, 4) is 0 Å². The Balaban J connectivity index is 2.65. The van der Waals surface area contributed by atoms with Crippen LogP contribution in [0.4, 0.5) is 0 Å². The maximum atomic E-state index is 5.94. The van der Waals surface area contributed by atoms with Crippen LogP contribution in [0, 0.1) is 17.8 Å². The van der Waals surface area contributed by atoms with Crippen molar-refractivity contribution >= 4 is 0 Å². The highest BCUT2D eigenvalue weighted by Crippen LogP contribution is 2.32. The lowest BCUT2D eigenvalue weighted by molar-refractivity contribution is -0.102. The van der Waals surface area contributed by atoms with Gasteiger partial charge in [-0.1, -0.05) is 41.5 Å². The van der Waals surface area contributed by atoms with Gasteiger partial charge in [-0.15, -0.1) is 0 Å². The predicted octanol–water partition coefficient (Wildman–Crippen LogP) is 3.06. The molecule has 2 atom stereocenters. The molecular formula is C12H24O2. The maximum absolute atomic E-state index is 5.94. The van der Waals surface area contributed by atoms with Gasteiger partial charge >= 0.3 is 0 Å². The minimum atomic E-state index is -0.00481. The molecule has 0 aromatic heterocycles. The molecular weight excluding hydrogens is 176 g/mol. The zero-order valence-corrected chi connectivity index (χ0v) is 10.3. The van der Waals surface area contributed by atoms with Crippen molar-refractivity contribution in [1.82, 2.24) is 0 Å². The summed E-state index contributed by atoms with van der Waals surface area (Å²) in [6.07, 6.45) is 0.527. The number of ether oxygens (including phenoxy) is 2. The molecule has 14 heavy (non-hydrogen) atoms. The minimum Gasteiger partial charge on any atom is -0.346 e. The van der Waals surface area contributed by atoms with Crippen molar-refractivity contribution in [1.29, 1.82) is 0 Å². The predicted molar refractivity (Wildman–Crippen MR) is 58.0 cm³/mol. The van der Waals surface area contributed by atoms with Gasteiger partial charge in [0.05, 0.1) is 12.2 Å². The van der Waals surface area contributed by atoms with E-state index in [-0.39, 0.29) is 18.5 Å². The molecule has 0 saturated carbocycles. The second-order valence-electron chi connectivity index (χ2n) is 5.30. The number of hydrogen-bond acceptors (Lipinski definition) is 2. The molecule has 1 aliphatic rings. The van der Waals surface area contributed by atoms with E-state index < -0.39 is 0 Å². The second-order valence-corrected chi connectivity index (χ2v) is 5.30. The summed E-state index contributed by atoms with van der Waals surface area (Å²) in [6, 6.07) is 0. The fourth-order valence-electron chi connectivity index (χ4n) is 1.88. The first kappa shape index (κ1) is 12.0. The van der Waals surface area contributed by atoms with E-state index in [1.54, 1.807) is 0 Å². The van der Waals surface area contributed by atoms with Gasteiger partial charge in [-0.3, -0.25) is 0 Å². The summed E-state index contributed by atoms with van der Waals surface area (Å²) in [5, 5.41) is 0. The number of rotatable bonds is 3. The lowest BCUT2D eigenvalue weighted by Crippen LogP contribution is -2.31. The van der Waals surface area contributed by atoms with E-state index in [1.165, 1.54) is 0 Å². The van der Waals surface area contributed by atoms with E-state index in [0.29, 0.717) is 17.8 Å². The average Bonchev–Trinajstić information content (AvgIpc) is 2.47. The molecule has 0 aliphatic carbocycles. The third-order valence-corrected chi connectivity index (χ3v) is 2.76. The molecule has 1 aliphatic heterocycles. The fraction of sp³-hybridized carbons (Fsp3) is 1.00. The van der Waals surface area contributed by atoms with E-state index in [0.717, 1.165) is 0 Å². The first-order chi connectivity index (χ1) is 6.43. The van der Waals surface area contributed by atoms with Crippen LogP contribution in [-0.2, 0) is 9.47 Å². The van der Waals surface area contributed by atoms with Gasteiger partial charge in [-0.2, -0.15) is 0 Å². The van der Waals surface area contributed by atoms with E-state index >= 15 is 0 Å². The Hall–Kier alpha value is -0.0800. The lowest BCUT2D eigenvalue weighted by Gasteiger charge is -2.22. The second kappa shape index (κ2) is 4.63. The summed E-state index contributed by atoms with van der Waals surface area (Å²) in [5.74, 6) is 1.51. The van der Waals surface area contributed by atoms with Crippen LogP contribution in [0.1, 0.15) is 41.5 Å². The molecule has 0 N–H and O–H groups in total. The van der Waals surface area contributed by atoms with E-state index in [2.05, 4.69) is 41.5 Å². The summed E-state index contributed by atoms with van der Waals surface area (Å²) in [4.78, 5) is 0. The third-order valence-electron chi connectivity index (χ3n) is 2.76. The maximum Gasteiger partial charge on any atom is 0.160 e. The molecule has 1 fully saturated rings. The average molecular weight is 200 g/mol. The Bertz CT molecular complexity index is 159. The molecule has 84 valence electrons. The van der Waals surface area contributed by atoms with Gasteiger partial charge in [0, 0.05) is 5.92 Å². The fourth-order valence-corrected chi connectivity index (χ4v) is 1.88. The van der Waals surface area contributed by atoms with Crippen LogP contribution in [-0.4, -0.2) is 18.5 Å². The SMILES string of the molecule is CC(C)C1OC(C(C)C)C(C(C)C)O1. The van der Waals surface area contributed by atoms with Crippen molar-refractivity contribution in [2.24, 2.45) is 17.8 Å². The van der Waals surface area contributed by atoms with E-state index in [4.69, 9.17) is 9.47 Å². The highest BCUT2D eigenvalue weighted by Gasteiger charge is 2.40. The van der Waals surface area contributed by atoms with Crippen molar-refractivity contribution < 1.29 is 9.47 Å². The summed E-state index contributed by atoms with van der Waals surface area (Å²) in [5.41, 5.74) is 0. The van der Waals surface area contributed by atoms with Crippen LogP contribution in [0.5, 0.6) is 0 Å². The standard InChI is InChI=1S/C12H24O2/c1-7(2)10-11(8(3)4)14-12(13-10)9(5)6/h7-12H,1-6H3. The van der Waals surface area contributed by atoms with Crippen LogP contribution >= 0.6 is 0 Å². The lowest BCUT2D eigenvalue weighted by atomic mass is 9.94. The molecule has 2 nitrogen and oxygen atoms in total. The van der Waals surface area contributed by atoms with Gasteiger partial charge in [0.25, 0.3) is 0 Å². The Morgan fingerprint density at radius 2 is 1.00 bits per heavy atom. The molecule has 0 aromatic rings. The topological polar surface area (TPSA) is 18.5 Å². The Kier molecular flexibility index (Phi) is 3.96. The van der Waals surface area contributed by atoms with Crippen molar-refractivity contribution in [3.05, 3.63) is 0 Å². The van der Waals surface area contributed by atoms with Crippen molar-refractivity contribution in [2.75, 3.05) is 0 Å². The van der Waals surface area contributed by atoms with Gasteiger partial charge in [0.2, 0.25) is 0 Å². The zero-order chi connectivity index (χ0) is 10.9. The first-order valence-electron chi connectivity index (χ1n) is 5.74. The quantitative estimate of drug-likeness (QED) is 0.697. The molecule has 1 heterocycles. The summed E-state index contributed by atoms with van der Waals surface area (Å²) in [6.45, 7) is 13.1. The minimum absolute atomic E-state index is 0.00481. The van der Waals surface area contributed by atoms with Gasteiger partial charge < -0.3 is 9.47 Å². The van der Waals surface area contributed by atoms with Gasteiger partial charge in [-0.25, -0.2) is 0 Å². The highest BCUT2D eigenvalue weighted by molar-refractivity contribution is 4.82. The largest absolute Gasteiger partial charge is 0.346 e. The Morgan fingerprint density at radius 1 is 0.643 bits per heavy atom. The molecule has 0 amide bonds. The molecule has 1 saturated heterocycles. The summed E-state index contributed by atoms with van der Waals surface area (Å²) in [7, 11) is 0. The molecule has 1 rings (SSSR count). The van der Waals surface area contributed by atoms with Crippen LogP contribution < -0.4 is 0 Å². The van der Waals surface area contributed by atoms with Crippen LogP contribution in [0.15, 0.2) is 0 Å². The molecule has 2 heteroatoms. The van der Waals surface area contributed by atoms with Crippen molar-refractivity contribution in [2.45, 2.75) is 60.0 Å². The normalized spacial score (nSPS) is 33.6. The smallest absolute Gasteiger partial charge is 0.160 e. The number of hydrogen-bond donors (Lipinski definition) is 0. The van der Waals surface area contributed by atoms with Crippen molar-refractivity contribution in [3.63, 3.8) is 0 Å². The van der Waals surface area contributed by atoms with E-state index in [1.807, 2.05) is 0 Å².